The summed E-state index contributed by atoms with van der Waals surface area (Å²) in [5.41, 5.74) is 0. The molecule has 0 aliphatic carbocycles. The van der Waals surface area contributed by atoms with Crippen LogP contribution in [0.15, 0.2) is 0 Å². The van der Waals surface area contributed by atoms with E-state index in [9.17, 15) is 9.00 Å². The van der Waals surface area contributed by atoms with Crippen LogP contribution in [0.4, 0.5) is 0 Å². The van der Waals surface area contributed by atoms with Gasteiger partial charge in [-0.2, -0.15) is 0 Å². The lowest BCUT2D eigenvalue weighted by molar-refractivity contribution is -0.139. The molecule has 12 heavy (non-hydrogen) atoms. The summed E-state index contributed by atoms with van der Waals surface area (Å²) in [6, 6.07) is 0. The van der Waals surface area contributed by atoms with Gasteiger partial charge >= 0.3 is 5.97 Å². The Morgan fingerprint density at radius 2 is 2.08 bits per heavy atom. The number of ether oxygens (including phenoxy) is 1. The summed E-state index contributed by atoms with van der Waals surface area (Å²) in [6.45, 7) is 6.05. The van der Waals surface area contributed by atoms with Crippen molar-refractivity contribution < 1.29 is 13.7 Å². The Hall–Kier alpha value is -0.380. The van der Waals surface area contributed by atoms with Crippen molar-refractivity contribution in [3.05, 3.63) is 0 Å². The highest BCUT2D eigenvalue weighted by Crippen LogP contribution is 1.96. The number of hydrogen-bond acceptors (Lipinski definition) is 3. The molecular formula is C8H16O3S. The second-order valence-corrected chi connectivity index (χ2v) is 4.45. The maximum atomic E-state index is 11.1. The van der Waals surface area contributed by atoms with E-state index in [-0.39, 0.29) is 11.7 Å². The SMILES string of the molecule is CCOC(=O)CS(=O)CC(C)C. The van der Waals surface area contributed by atoms with Crippen molar-refractivity contribution in [2.75, 3.05) is 18.1 Å². The number of rotatable bonds is 5. The van der Waals surface area contributed by atoms with Crippen LogP contribution in [0.1, 0.15) is 20.8 Å². The molecule has 0 aliphatic rings. The Labute approximate surface area is 75.9 Å². The molecule has 72 valence electrons. The first-order valence-corrected chi connectivity index (χ1v) is 5.55. The molecular weight excluding hydrogens is 176 g/mol. The van der Waals surface area contributed by atoms with Crippen molar-refractivity contribution >= 4 is 16.8 Å². The predicted octanol–water partition coefficient (Wildman–Crippen LogP) is 0.954. The lowest BCUT2D eigenvalue weighted by Gasteiger charge is -2.04. The third-order valence-electron chi connectivity index (χ3n) is 1.10. The molecule has 0 heterocycles. The van der Waals surface area contributed by atoms with Crippen LogP contribution in [-0.4, -0.2) is 28.3 Å². The number of hydrogen-bond donors (Lipinski definition) is 0. The topological polar surface area (TPSA) is 43.4 Å². The fourth-order valence-electron chi connectivity index (χ4n) is 0.765. The monoisotopic (exact) mass is 192 g/mol. The molecule has 0 radical (unpaired) electrons. The van der Waals surface area contributed by atoms with Crippen LogP contribution in [0.3, 0.4) is 0 Å². The van der Waals surface area contributed by atoms with Gasteiger partial charge in [0.1, 0.15) is 5.75 Å². The molecule has 0 aliphatic heterocycles. The largest absolute Gasteiger partial charge is 0.465 e. The molecule has 0 spiro atoms. The normalized spacial score (nSPS) is 13.0. The Morgan fingerprint density at radius 1 is 1.50 bits per heavy atom. The number of carbonyl (C=O) groups is 1. The first kappa shape index (κ1) is 11.6. The molecule has 4 heteroatoms. The zero-order valence-corrected chi connectivity index (χ0v) is 8.65. The molecule has 0 aromatic carbocycles. The lowest BCUT2D eigenvalue weighted by atomic mass is 10.3. The summed E-state index contributed by atoms with van der Waals surface area (Å²) in [5, 5.41) is 0. The summed E-state index contributed by atoms with van der Waals surface area (Å²) in [7, 11) is -1.06. The van der Waals surface area contributed by atoms with Gasteiger partial charge in [0, 0.05) is 16.6 Å². The standard InChI is InChI=1S/C8H16O3S/c1-4-11-8(9)6-12(10)5-7(2)3/h7H,4-6H2,1-3H3. The van der Waals surface area contributed by atoms with Gasteiger partial charge in [-0.1, -0.05) is 13.8 Å². The van der Waals surface area contributed by atoms with Crippen molar-refractivity contribution in [1.29, 1.82) is 0 Å². The van der Waals surface area contributed by atoms with Gasteiger partial charge in [-0.3, -0.25) is 9.00 Å². The Morgan fingerprint density at radius 3 is 2.50 bits per heavy atom. The minimum Gasteiger partial charge on any atom is -0.465 e. The van der Waals surface area contributed by atoms with E-state index in [1.54, 1.807) is 6.92 Å². The van der Waals surface area contributed by atoms with Crippen molar-refractivity contribution in [3.63, 3.8) is 0 Å². The molecule has 0 bridgehead atoms. The fraction of sp³-hybridized carbons (Fsp3) is 0.875. The van der Waals surface area contributed by atoms with Gasteiger partial charge in [0.25, 0.3) is 0 Å². The van der Waals surface area contributed by atoms with Gasteiger partial charge < -0.3 is 4.74 Å². The minimum absolute atomic E-state index is 0.0337. The quantitative estimate of drug-likeness (QED) is 0.609. The maximum absolute atomic E-state index is 11.1. The van der Waals surface area contributed by atoms with Crippen LogP contribution in [0.5, 0.6) is 0 Å². The molecule has 1 unspecified atom stereocenters. The van der Waals surface area contributed by atoms with Gasteiger partial charge in [0.15, 0.2) is 0 Å². The average Bonchev–Trinajstić information content (AvgIpc) is 1.84. The first-order valence-electron chi connectivity index (χ1n) is 4.06. The lowest BCUT2D eigenvalue weighted by Crippen LogP contribution is -2.17. The Balaban J connectivity index is 3.62. The van der Waals surface area contributed by atoms with Crippen molar-refractivity contribution in [1.82, 2.24) is 0 Å². The molecule has 0 saturated carbocycles. The van der Waals surface area contributed by atoms with Gasteiger partial charge in [-0.05, 0) is 12.8 Å². The van der Waals surface area contributed by atoms with Crippen molar-refractivity contribution in [2.45, 2.75) is 20.8 Å². The summed E-state index contributed by atoms with van der Waals surface area (Å²) >= 11 is 0. The zero-order valence-electron chi connectivity index (χ0n) is 7.83. The highest BCUT2D eigenvalue weighted by Gasteiger charge is 2.09. The summed E-state index contributed by atoms with van der Waals surface area (Å²) < 4.78 is 15.8. The van der Waals surface area contributed by atoms with E-state index < -0.39 is 10.8 Å². The molecule has 0 fully saturated rings. The predicted molar refractivity (Wildman–Crippen MR) is 49.3 cm³/mol. The summed E-state index contributed by atoms with van der Waals surface area (Å²) in [4.78, 5) is 10.8. The van der Waals surface area contributed by atoms with Gasteiger partial charge in [-0.15, -0.1) is 0 Å². The fourth-order valence-corrected chi connectivity index (χ4v) is 1.97. The zero-order chi connectivity index (χ0) is 9.56. The Kier molecular flexibility index (Phi) is 5.98. The highest BCUT2D eigenvalue weighted by molar-refractivity contribution is 7.85. The summed E-state index contributed by atoms with van der Waals surface area (Å²) in [6.07, 6.45) is 0. The van der Waals surface area contributed by atoms with E-state index in [1.165, 1.54) is 0 Å². The van der Waals surface area contributed by atoms with Gasteiger partial charge in [0.2, 0.25) is 0 Å². The molecule has 3 nitrogen and oxygen atoms in total. The highest BCUT2D eigenvalue weighted by atomic mass is 32.2. The number of esters is 1. The second-order valence-electron chi connectivity index (χ2n) is 2.95. The van der Waals surface area contributed by atoms with Crippen molar-refractivity contribution in [3.8, 4) is 0 Å². The minimum atomic E-state index is -1.06. The van der Waals surface area contributed by atoms with Crippen LogP contribution in [-0.2, 0) is 20.3 Å². The average molecular weight is 192 g/mol. The van der Waals surface area contributed by atoms with Crippen LogP contribution >= 0.6 is 0 Å². The molecule has 0 aromatic rings. The molecule has 0 saturated heterocycles. The molecule has 1 atom stereocenters. The maximum Gasteiger partial charge on any atom is 0.318 e. The van der Waals surface area contributed by atoms with E-state index in [4.69, 9.17) is 0 Å². The van der Waals surface area contributed by atoms with E-state index in [2.05, 4.69) is 4.74 Å². The third-order valence-corrected chi connectivity index (χ3v) is 2.70. The van der Waals surface area contributed by atoms with E-state index >= 15 is 0 Å². The third kappa shape index (κ3) is 6.34. The molecule has 0 amide bonds. The van der Waals surface area contributed by atoms with E-state index in [0.717, 1.165) is 0 Å². The van der Waals surface area contributed by atoms with Crippen LogP contribution in [0.25, 0.3) is 0 Å². The van der Waals surface area contributed by atoms with E-state index in [1.807, 2.05) is 13.8 Å². The Bertz CT molecular complexity index is 166. The van der Waals surface area contributed by atoms with Crippen LogP contribution < -0.4 is 0 Å². The van der Waals surface area contributed by atoms with Gasteiger partial charge in [0.05, 0.1) is 6.61 Å². The molecule has 0 aromatic heterocycles. The van der Waals surface area contributed by atoms with Gasteiger partial charge in [-0.25, -0.2) is 0 Å². The van der Waals surface area contributed by atoms with E-state index in [0.29, 0.717) is 18.3 Å². The smallest absolute Gasteiger partial charge is 0.318 e. The summed E-state index contributed by atoms with van der Waals surface area (Å²) in [5.74, 6) is 0.599. The molecule has 0 rings (SSSR count). The number of carbonyl (C=O) groups excluding carboxylic acids is 1. The van der Waals surface area contributed by atoms with Crippen LogP contribution in [0.2, 0.25) is 0 Å². The van der Waals surface area contributed by atoms with Crippen LogP contribution in [0, 0.1) is 5.92 Å². The second kappa shape index (κ2) is 6.17. The molecule has 0 N–H and O–H groups in total. The first-order chi connectivity index (χ1) is 5.56. The van der Waals surface area contributed by atoms with Crippen molar-refractivity contribution in [2.24, 2.45) is 5.92 Å².